The minimum atomic E-state index is -3.56. The van der Waals surface area contributed by atoms with Crippen LogP contribution >= 0.6 is 0 Å². The van der Waals surface area contributed by atoms with Crippen LogP contribution in [0.3, 0.4) is 0 Å². The molecular formula is C18H30N2O4S. The highest BCUT2D eigenvalue weighted by molar-refractivity contribution is 7.87. The zero-order valence-electron chi connectivity index (χ0n) is 15.6. The van der Waals surface area contributed by atoms with E-state index in [2.05, 4.69) is 12.2 Å². The predicted octanol–water partition coefficient (Wildman–Crippen LogP) is 3.53. The molecule has 0 saturated carbocycles. The van der Waals surface area contributed by atoms with Crippen molar-refractivity contribution in [2.75, 3.05) is 12.3 Å². The monoisotopic (exact) mass is 370 g/mol. The lowest BCUT2D eigenvalue weighted by Crippen LogP contribution is -2.44. The highest BCUT2D eigenvalue weighted by Gasteiger charge is 2.19. The summed E-state index contributed by atoms with van der Waals surface area (Å²) in [4.78, 5) is 14.2. The van der Waals surface area contributed by atoms with Crippen molar-refractivity contribution < 1.29 is 17.4 Å². The lowest BCUT2D eigenvalue weighted by molar-refractivity contribution is 0.173. The number of carbonyl (C=O) groups excluding carboxylic acids is 1. The van der Waals surface area contributed by atoms with Crippen LogP contribution in [0.15, 0.2) is 24.3 Å². The Balaban J connectivity index is 2.88. The van der Waals surface area contributed by atoms with Gasteiger partial charge >= 0.3 is 16.1 Å². The highest BCUT2D eigenvalue weighted by Crippen LogP contribution is 2.18. The van der Waals surface area contributed by atoms with E-state index in [-0.39, 0.29) is 23.6 Å². The van der Waals surface area contributed by atoms with Gasteiger partial charge in [-0.05, 0) is 44.4 Å². The molecule has 6 nitrogen and oxygen atoms in total. The molecule has 0 aliphatic rings. The largest absolute Gasteiger partial charge is 0.382 e. The topological polar surface area (TPSA) is 75.7 Å². The van der Waals surface area contributed by atoms with E-state index in [0.29, 0.717) is 13.1 Å². The molecule has 2 amide bonds. The van der Waals surface area contributed by atoms with Gasteiger partial charge in [0.25, 0.3) is 0 Å². The van der Waals surface area contributed by atoms with Gasteiger partial charge in [-0.25, -0.2) is 4.79 Å². The first kappa shape index (κ1) is 21.3. The maximum Gasteiger partial charge on any atom is 0.317 e. The molecule has 7 heteroatoms. The van der Waals surface area contributed by atoms with Gasteiger partial charge in [0.2, 0.25) is 0 Å². The number of unbranched alkanes of at least 4 members (excludes halogenated alkanes) is 1. The molecule has 1 aromatic rings. The Hall–Kier alpha value is -1.76. The standard InChI is InChI=1S/C18H30N2O4S/c1-5-8-12-19-18(21)20(15(4)6-2)14-16-10-9-11-17(13-16)24-25(22,23)7-3/h9-11,13,15H,5-8,12,14H2,1-4H3,(H,19,21). The summed E-state index contributed by atoms with van der Waals surface area (Å²) in [6.45, 7) is 8.70. The summed E-state index contributed by atoms with van der Waals surface area (Å²) in [5, 5.41) is 2.94. The fourth-order valence-electron chi connectivity index (χ4n) is 2.22. The van der Waals surface area contributed by atoms with Crippen molar-refractivity contribution in [3.8, 4) is 5.75 Å². The fraction of sp³-hybridized carbons (Fsp3) is 0.611. The third-order valence-electron chi connectivity index (χ3n) is 4.02. The Bertz CT molecular complexity index is 646. The van der Waals surface area contributed by atoms with Gasteiger partial charge in [-0.3, -0.25) is 0 Å². The van der Waals surface area contributed by atoms with Crippen LogP contribution < -0.4 is 9.50 Å². The lowest BCUT2D eigenvalue weighted by atomic mass is 10.1. The summed E-state index contributed by atoms with van der Waals surface area (Å²) < 4.78 is 28.3. The number of benzene rings is 1. The van der Waals surface area contributed by atoms with E-state index in [1.165, 1.54) is 6.92 Å². The third-order valence-corrected chi connectivity index (χ3v) is 5.17. The van der Waals surface area contributed by atoms with Crippen molar-refractivity contribution in [2.24, 2.45) is 0 Å². The Morgan fingerprint density at radius 3 is 2.60 bits per heavy atom. The minimum Gasteiger partial charge on any atom is -0.382 e. The molecule has 1 atom stereocenters. The zero-order chi connectivity index (χ0) is 18.9. The molecule has 0 bridgehead atoms. The molecule has 0 aromatic heterocycles. The molecule has 1 N–H and O–H groups in total. The number of rotatable bonds is 10. The molecule has 1 aromatic carbocycles. The number of amides is 2. The van der Waals surface area contributed by atoms with Gasteiger partial charge in [0.1, 0.15) is 5.75 Å². The maximum atomic E-state index is 12.5. The van der Waals surface area contributed by atoms with Crippen LogP contribution in [0.2, 0.25) is 0 Å². The second kappa shape index (κ2) is 10.3. The van der Waals surface area contributed by atoms with E-state index in [9.17, 15) is 13.2 Å². The molecule has 0 aliphatic carbocycles. The van der Waals surface area contributed by atoms with Gasteiger partial charge in [-0.2, -0.15) is 8.42 Å². The van der Waals surface area contributed by atoms with Crippen molar-refractivity contribution in [1.82, 2.24) is 10.2 Å². The summed E-state index contributed by atoms with van der Waals surface area (Å²) in [5.41, 5.74) is 0.828. The third kappa shape index (κ3) is 7.34. The normalized spacial score (nSPS) is 12.5. The second-order valence-corrected chi connectivity index (χ2v) is 7.91. The maximum absolute atomic E-state index is 12.5. The van der Waals surface area contributed by atoms with Crippen molar-refractivity contribution in [3.05, 3.63) is 29.8 Å². The van der Waals surface area contributed by atoms with Crippen molar-refractivity contribution in [1.29, 1.82) is 0 Å². The first-order chi connectivity index (χ1) is 11.8. The smallest absolute Gasteiger partial charge is 0.317 e. The number of hydrogen-bond acceptors (Lipinski definition) is 4. The fourth-order valence-corrected chi connectivity index (χ4v) is 2.73. The van der Waals surface area contributed by atoms with Crippen LogP contribution in [-0.2, 0) is 16.7 Å². The van der Waals surface area contributed by atoms with E-state index in [0.717, 1.165) is 24.8 Å². The summed E-state index contributed by atoms with van der Waals surface area (Å²) in [5.74, 6) is 0.186. The van der Waals surface area contributed by atoms with E-state index in [1.807, 2.05) is 19.9 Å². The first-order valence-electron chi connectivity index (χ1n) is 8.88. The molecule has 0 heterocycles. The van der Waals surface area contributed by atoms with Crippen LogP contribution in [0, 0.1) is 0 Å². The Kier molecular flexibility index (Phi) is 8.75. The SMILES string of the molecule is CCCCNC(=O)N(Cc1cccc(OS(=O)(=O)CC)c1)C(C)CC. The lowest BCUT2D eigenvalue weighted by Gasteiger charge is -2.29. The van der Waals surface area contributed by atoms with E-state index < -0.39 is 10.1 Å². The first-order valence-corrected chi connectivity index (χ1v) is 10.5. The number of nitrogens with zero attached hydrogens (tertiary/aromatic N) is 1. The zero-order valence-corrected chi connectivity index (χ0v) is 16.4. The molecule has 0 fully saturated rings. The Labute approximate surface area is 151 Å². The van der Waals surface area contributed by atoms with Crippen molar-refractivity contribution in [2.45, 2.75) is 59.5 Å². The molecule has 142 valence electrons. The van der Waals surface area contributed by atoms with Gasteiger partial charge < -0.3 is 14.4 Å². The van der Waals surface area contributed by atoms with Crippen LogP contribution in [0.25, 0.3) is 0 Å². The summed E-state index contributed by atoms with van der Waals surface area (Å²) in [7, 11) is -3.56. The van der Waals surface area contributed by atoms with Crippen LogP contribution in [0.5, 0.6) is 5.75 Å². The second-order valence-electron chi connectivity index (χ2n) is 6.05. The summed E-state index contributed by atoms with van der Waals surface area (Å²) >= 11 is 0. The van der Waals surface area contributed by atoms with Gasteiger partial charge in [0, 0.05) is 19.1 Å². The summed E-state index contributed by atoms with van der Waals surface area (Å²) in [6.07, 6.45) is 2.80. The average molecular weight is 371 g/mol. The number of urea groups is 1. The molecule has 0 aliphatic heterocycles. The van der Waals surface area contributed by atoms with Crippen molar-refractivity contribution in [3.63, 3.8) is 0 Å². The molecule has 25 heavy (non-hydrogen) atoms. The quantitative estimate of drug-likeness (QED) is 0.505. The summed E-state index contributed by atoms with van der Waals surface area (Å²) in [6, 6.07) is 6.84. The van der Waals surface area contributed by atoms with Gasteiger partial charge in [-0.15, -0.1) is 0 Å². The van der Waals surface area contributed by atoms with E-state index >= 15 is 0 Å². The minimum absolute atomic E-state index is 0.0746. The molecule has 0 spiro atoms. The molecule has 1 rings (SSSR count). The van der Waals surface area contributed by atoms with Crippen LogP contribution in [-0.4, -0.2) is 37.7 Å². The van der Waals surface area contributed by atoms with Crippen LogP contribution in [0.1, 0.15) is 52.5 Å². The number of carbonyl (C=O) groups is 1. The van der Waals surface area contributed by atoms with Crippen molar-refractivity contribution >= 4 is 16.1 Å². The predicted molar refractivity (Wildman–Crippen MR) is 100 cm³/mol. The van der Waals surface area contributed by atoms with Crippen LogP contribution in [0.4, 0.5) is 4.79 Å². The number of nitrogens with one attached hydrogen (secondary N) is 1. The van der Waals surface area contributed by atoms with Gasteiger partial charge in [0.15, 0.2) is 0 Å². The number of hydrogen-bond donors (Lipinski definition) is 1. The average Bonchev–Trinajstić information content (AvgIpc) is 2.59. The van der Waals surface area contributed by atoms with Gasteiger partial charge in [0.05, 0.1) is 5.75 Å². The molecule has 1 unspecified atom stereocenters. The van der Waals surface area contributed by atoms with E-state index in [4.69, 9.17) is 4.18 Å². The Morgan fingerprint density at radius 1 is 1.28 bits per heavy atom. The van der Waals surface area contributed by atoms with Gasteiger partial charge in [-0.1, -0.05) is 32.4 Å². The van der Waals surface area contributed by atoms with E-state index in [1.54, 1.807) is 23.1 Å². The highest BCUT2D eigenvalue weighted by atomic mass is 32.2. The molecular weight excluding hydrogens is 340 g/mol. The molecule has 0 saturated heterocycles. The molecule has 0 radical (unpaired) electrons. The Morgan fingerprint density at radius 2 is 2.00 bits per heavy atom.